The standard InChI is InChI=1S/C7H14N4O/c1-2-12-5-3-4-11-9-6-7(8)10-11/h6H,2-5H2,1H3,(H2,8,10). The van der Waals surface area contributed by atoms with Crippen molar-refractivity contribution in [3.05, 3.63) is 6.20 Å². The number of nitrogen functional groups attached to an aromatic ring is 1. The van der Waals surface area contributed by atoms with E-state index in [-0.39, 0.29) is 0 Å². The van der Waals surface area contributed by atoms with Crippen LogP contribution in [0.4, 0.5) is 5.82 Å². The number of nitrogens with zero attached hydrogens (tertiary/aromatic N) is 3. The second-order valence-electron chi connectivity index (χ2n) is 2.42. The maximum Gasteiger partial charge on any atom is 0.165 e. The van der Waals surface area contributed by atoms with Crippen LogP contribution < -0.4 is 5.73 Å². The third-order valence-electron chi connectivity index (χ3n) is 1.41. The highest BCUT2D eigenvalue weighted by Crippen LogP contribution is 1.92. The zero-order valence-electron chi connectivity index (χ0n) is 7.23. The highest BCUT2D eigenvalue weighted by Gasteiger charge is 1.94. The van der Waals surface area contributed by atoms with Gasteiger partial charge in [-0.1, -0.05) is 0 Å². The fraction of sp³-hybridized carbons (Fsp3) is 0.714. The first-order valence-electron chi connectivity index (χ1n) is 4.06. The Morgan fingerprint density at radius 2 is 2.50 bits per heavy atom. The van der Waals surface area contributed by atoms with Gasteiger partial charge in [0.25, 0.3) is 0 Å². The van der Waals surface area contributed by atoms with Crippen molar-refractivity contribution >= 4 is 5.82 Å². The first-order chi connectivity index (χ1) is 5.83. The molecule has 1 aromatic heterocycles. The Balaban J connectivity index is 2.15. The van der Waals surface area contributed by atoms with Crippen molar-refractivity contribution < 1.29 is 4.74 Å². The Bertz CT molecular complexity index is 223. The van der Waals surface area contributed by atoms with Gasteiger partial charge in [-0.05, 0) is 13.3 Å². The molecular formula is C7H14N4O. The number of nitrogens with two attached hydrogens (primary N) is 1. The lowest BCUT2D eigenvalue weighted by atomic mass is 10.5. The molecule has 0 amide bonds. The lowest BCUT2D eigenvalue weighted by Crippen LogP contribution is -2.06. The Morgan fingerprint density at radius 3 is 3.08 bits per heavy atom. The largest absolute Gasteiger partial charge is 0.382 e. The quantitative estimate of drug-likeness (QED) is 0.645. The van der Waals surface area contributed by atoms with Crippen LogP contribution in [0.5, 0.6) is 0 Å². The second kappa shape index (κ2) is 4.71. The smallest absolute Gasteiger partial charge is 0.165 e. The third kappa shape index (κ3) is 2.87. The average Bonchev–Trinajstić information content (AvgIpc) is 2.45. The van der Waals surface area contributed by atoms with E-state index in [4.69, 9.17) is 10.5 Å². The van der Waals surface area contributed by atoms with Gasteiger partial charge >= 0.3 is 0 Å². The SMILES string of the molecule is CCOCCCn1ncc(N)n1. The minimum absolute atomic E-state index is 0.464. The fourth-order valence-electron chi connectivity index (χ4n) is 0.871. The van der Waals surface area contributed by atoms with E-state index < -0.39 is 0 Å². The van der Waals surface area contributed by atoms with Crippen LogP contribution in [0.15, 0.2) is 6.20 Å². The fourth-order valence-corrected chi connectivity index (χ4v) is 0.871. The maximum atomic E-state index is 5.38. The molecule has 0 bridgehead atoms. The summed E-state index contributed by atoms with van der Waals surface area (Å²) in [6.07, 6.45) is 2.46. The molecule has 5 nitrogen and oxygen atoms in total. The molecule has 2 N–H and O–H groups in total. The van der Waals surface area contributed by atoms with Crippen LogP contribution in [0.2, 0.25) is 0 Å². The molecular weight excluding hydrogens is 156 g/mol. The first kappa shape index (κ1) is 8.99. The average molecular weight is 170 g/mol. The van der Waals surface area contributed by atoms with E-state index >= 15 is 0 Å². The van der Waals surface area contributed by atoms with Crippen LogP contribution in [0.1, 0.15) is 13.3 Å². The van der Waals surface area contributed by atoms with E-state index in [0.717, 1.165) is 26.2 Å². The summed E-state index contributed by atoms with van der Waals surface area (Å²) in [5.41, 5.74) is 5.38. The molecule has 0 aliphatic carbocycles. The van der Waals surface area contributed by atoms with Crippen molar-refractivity contribution in [1.82, 2.24) is 15.0 Å². The minimum Gasteiger partial charge on any atom is -0.382 e. The van der Waals surface area contributed by atoms with E-state index in [9.17, 15) is 0 Å². The van der Waals surface area contributed by atoms with Gasteiger partial charge in [-0.3, -0.25) is 0 Å². The molecule has 0 atom stereocenters. The number of hydrogen-bond donors (Lipinski definition) is 1. The molecule has 68 valence electrons. The Morgan fingerprint density at radius 1 is 1.67 bits per heavy atom. The molecule has 0 unspecified atom stereocenters. The van der Waals surface area contributed by atoms with Gasteiger partial charge < -0.3 is 10.5 Å². The Kier molecular flexibility index (Phi) is 3.53. The summed E-state index contributed by atoms with van der Waals surface area (Å²) in [5, 5.41) is 7.87. The van der Waals surface area contributed by atoms with Crippen LogP contribution in [0.25, 0.3) is 0 Å². The molecule has 12 heavy (non-hydrogen) atoms. The van der Waals surface area contributed by atoms with Crippen molar-refractivity contribution in [2.45, 2.75) is 19.9 Å². The van der Waals surface area contributed by atoms with E-state index in [1.807, 2.05) is 6.92 Å². The van der Waals surface area contributed by atoms with Crippen LogP contribution in [-0.2, 0) is 11.3 Å². The van der Waals surface area contributed by atoms with Crippen LogP contribution in [0.3, 0.4) is 0 Å². The Labute approximate surface area is 71.5 Å². The number of rotatable bonds is 5. The number of aromatic nitrogens is 3. The van der Waals surface area contributed by atoms with Gasteiger partial charge in [0.05, 0.1) is 12.7 Å². The normalized spacial score (nSPS) is 10.4. The number of ether oxygens (including phenoxy) is 1. The van der Waals surface area contributed by atoms with Crippen molar-refractivity contribution in [3.63, 3.8) is 0 Å². The summed E-state index contributed by atoms with van der Waals surface area (Å²) in [5.74, 6) is 0.464. The summed E-state index contributed by atoms with van der Waals surface area (Å²) in [6.45, 7) is 4.24. The molecule has 0 fully saturated rings. The van der Waals surface area contributed by atoms with Gasteiger partial charge in [-0.15, -0.1) is 5.10 Å². The van der Waals surface area contributed by atoms with E-state index in [1.54, 1.807) is 11.0 Å². The zero-order valence-corrected chi connectivity index (χ0v) is 7.23. The van der Waals surface area contributed by atoms with Crippen molar-refractivity contribution in [2.24, 2.45) is 0 Å². The lowest BCUT2D eigenvalue weighted by molar-refractivity contribution is 0.139. The lowest BCUT2D eigenvalue weighted by Gasteiger charge is -1.99. The molecule has 1 heterocycles. The van der Waals surface area contributed by atoms with E-state index in [2.05, 4.69) is 10.2 Å². The van der Waals surface area contributed by atoms with E-state index in [1.165, 1.54) is 0 Å². The minimum atomic E-state index is 0.464. The molecule has 5 heteroatoms. The Hall–Kier alpha value is -1.10. The monoisotopic (exact) mass is 170 g/mol. The molecule has 0 saturated carbocycles. The molecule has 1 aromatic rings. The number of aryl methyl sites for hydroxylation is 1. The summed E-state index contributed by atoms with van der Waals surface area (Å²) in [4.78, 5) is 1.58. The highest BCUT2D eigenvalue weighted by atomic mass is 16.5. The van der Waals surface area contributed by atoms with Gasteiger partial charge in [0.1, 0.15) is 0 Å². The van der Waals surface area contributed by atoms with Crippen LogP contribution >= 0.6 is 0 Å². The number of anilines is 1. The molecule has 0 aliphatic rings. The molecule has 0 saturated heterocycles. The van der Waals surface area contributed by atoms with Crippen molar-refractivity contribution in [1.29, 1.82) is 0 Å². The molecule has 0 spiro atoms. The maximum absolute atomic E-state index is 5.38. The molecule has 0 aliphatic heterocycles. The topological polar surface area (TPSA) is 66.0 Å². The predicted molar refractivity (Wildman–Crippen MR) is 45.5 cm³/mol. The van der Waals surface area contributed by atoms with Gasteiger partial charge in [0, 0.05) is 13.2 Å². The van der Waals surface area contributed by atoms with Crippen LogP contribution in [-0.4, -0.2) is 28.2 Å². The summed E-state index contributed by atoms with van der Waals surface area (Å²) >= 11 is 0. The number of hydrogen-bond acceptors (Lipinski definition) is 4. The summed E-state index contributed by atoms with van der Waals surface area (Å²) in [6, 6.07) is 0. The first-order valence-corrected chi connectivity index (χ1v) is 4.06. The molecule has 1 rings (SSSR count). The highest BCUT2D eigenvalue weighted by molar-refractivity contribution is 5.19. The van der Waals surface area contributed by atoms with Crippen LogP contribution in [0, 0.1) is 0 Å². The van der Waals surface area contributed by atoms with Gasteiger partial charge in [-0.2, -0.15) is 9.90 Å². The zero-order chi connectivity index (χ0) is 8.81. The van der Waals surface area contributed by atoms with Gasteiger partial charge in [0.2, 0.25) is 0 Å². The molecule has 0 radical (unpaired) electrons. The van der Waals surface area contributed by atoms with Gasteiger partial charge in [0.15, 0.2) is 5.82 Å². The van der Waals surface area contributed by atoms with Crippen molar-refractivity contribution in [3.8, 4) is 0 Å². The summed E-state index contributed by atoms with van der Waals surface area (Å²) < 4.78 is 5.16. The third-order valence-corrected chi connectivity index (χ3v) is 1.41. The second-order valence-corrected chi connectivity index (χ2v) is 2.42. The summed E-state index contributed by atoms with van der Waals surface area (Å²) in [7, 11) is 0. The van der Waals surface area contributed by atoms with Gasteiger partial charge in [-0.25, -0.2) is 0 Å². The van der Waals surface area contributed by atoms with E-state index in [0.29, 0.717) is 5.82 Å². The van der Waals surface area contributed by atoms with Crippen molar-refractivity contribution in [2.75, 3.05) is 18.9 Å². The molecule has 0 aromatic carbocycles. The predicted octanol–water partition coefficient (Wildman–Crippen LogP) is 0.287.